The molecule has 1 nitrogen and oxygen atoms in total. The molecule has 0 saturated heterocycles. The van der Waals surface area contributed by atoms with Crippen LogP contribution in [0.25, 0.3) is 94.0 Å². The molecule has 0 heterocycles. The average molecular weight is 842 g/mol. The van der Waals surface area contributed by atoms with Gasteiger partial charge in [0.2, 0.25) is 0 Å². The third-order valence-corrected chi connectivity index (χ3v) is 13.7. The molecule has 0 fully saturated rings. The zero-order valence-electron chi connectivity index (χ0n) is 36.9. The molecule has 1 heteroatoms. The van der Waals surface area contributed by atoms with Crippen molar-refractivity contribution in [1.82, 2.24) is 0 Å². The summed E-state index contributed by atoms with van der Waals surface area (Å²) in [4.78, 5) is 2.42. The fourth-order valence-corrected chi connectivity index (χ4v) is 10.4. The Balaban J connectivity index is 0.976. The van der Waals surface area contributed by atoms with Crippen LogP contribution in [0.15, 0.2) is 243 Å². The SMILES string of the molecule is CC1CC=Cc2c1ccc(-c1ccc(N(c3ccc(-c4ccc5c6ccccc6c6ccccc6c5c4)cc3)c3ccccc3-c3ccc(-c4ccccc4)cc3)cc1)c2-c1ccccc1. The molecule has 0 bridgehead atoms. The van der Waals surface area contributed by atoms with E-state index in [-0.39, 0.29) is 0 Å². The molecule has 1 unspecified atom stereocenters. The van der Waals surface area contributed by atoms with Gasteiger partial charge in [0, 0.05) is 16.9 Å². The fourth-order valence-electron chi connectivity index (χ4n) is 10.4. The van der Waals surface area contributed by atoms with E-state index in [9.17, 15) is 0 Å². The van der Waals surface area contributed by atoms with Gasteiger partial charge in [-0.3, -0.25) is 0 Å². The predicted molar refractivity (Wildman–Crippen MR) is 283 cm³/mol. The summed E-state index contributed by atoms with van der Waals surface area (Å²) in [7, 11) is 0. The highest BCUT2D eigenvalue weighted by Gasteiger charge is 2.22. The van der Waals surface area contributed by atoms with Crippen molar-refractivity contribution in [3.05, 3.63) is 254 Å². The van der Waals surface area contributed by atoms with Gasteiger partial charge in [-0.05, 0) is 142 Å². The Morgan fingerprint density at radius 3 is 1.45 bits per heavy atom. The van der Waals surface area contributed by atoms with E-state index in [4.69, 9.17) is 0 Å². The van der Waals surface area contributed by atoms with Crippen LogP contribution in [-0.2, 0) is 0 Å². The molecule has 312 valence electrons. The molecule has 0 N–H and O–H groups in total. The molecule has 0 aliphatic heterocycles. The van der Waals surface area contributed by atoms with Crippen molar-refractivity contribution in [3.63, 3.8) is 0 Å². The van der Waals surface area contributed by atoms with Gasteiger partial charge in [0.25, 0.3) is 0 Å². The first-order chi connectivity index (χ1) is 32.7. The summed E-state index contributed by atoms with van der Waals surface area (Å²) in [5.74, 6) is 0.486. The first kappa shape index (κ1) is 39.3. The van der Waals surface area contributed by atoms with Crippen molar-refractivity contribution in [1.29, 1.82) is 0 Å². The van der Waals surface area contributed by atoms with Crippen molar-refractivity contribution in [2.24, 2.45) is 0 Å². The predicted octanol–water partition coefficient (Wildman–Crippen LogP) is 18.5. The topological polar surface area (TPSA) is 3.24 Å². The van der Waals surface area contributed by atoms with E-state index in [1.54, 1.807) is 0 Å². The number of rotatable bonds is 8. The smallest absolute Gasteiger partial charge is 0.0540 e. The van der Waals surface area contributed by atoms with Gasteiger partial charge in [0.05, 0.1) is 5.69 Å². The van der Waals surface area contributed by atoms with Crippen molar-refractivity contribution in [2.75, 3.05) is 4.90 Å². The zero-order chi connectivity index (χ0) is 44.0. The summed E-state index contributed by atoms with van der Waals surface area (Å²) in [5, 5.41) is 7.72. The lowest BCUT2D eigenvalue weighted by Gasteiger charge is -2.28. The van der Waals surface area contributed by atoms with Crippen LogP contribution in [0.1, 0.15) is 30.4 Å². The summed E-state index contributed by atoms with van der Waals surface area (Å²) < 4.78 is 0. The van der Waals surface area contributed by atoms with Gasteiger partial charge < -0.3 is 4.90 Å². The van der Waals surface area contributed by atoms with Gasteiger partial charge in [0.15, 0.2) is 0 Å². The molecule has 1 atom stereocenters. The summed E-state index contributed by atoms with van der Waals surface area (Å²) in [5.41, 5.74) is 18.2. The lowest BCUT2D eigenvalue weighted by molar-refractivity contribution is 0.772. The van der Waals surface area contributed by atoms with Crippen LogP contribution in [0, 0.1) is 0 Å². The van der Waals surface area contributed by atoms with Gasteiger partial charge in [-0.2, -0.15) is 0 Å². The molecule has 0 radical (unpaired) electrons. The Labute approximate surface area is 387 Å². The van der Waals surface area contributed by atoms with E-state index in [1.807, 2.05) is 0 Å². The Kier molecular flexibility index (Phi) is 9.95. The van der Waals surface area contributed by atoms with Crippen LogP contribution in [0.5, 0.6) is 0 Å². The molecule has 11 aromatic carbocycles. The Bertz CT molecular complexity index is 3550. The number of fused-ring (bicyclic) bond motifs is 7. The number of anilines is 3. The number of allylic oxidation sites excluding steroid dienone is 1. The van der Waals surface area contributed by atoms with E-state index in [0.717, 1.165) is 23.5 Å². The number of hydrogen-bond acceptors (Lipinski definition) is 1. The van der Waals surface area contributed by atoms with Gasteiger partial charge in [-0.1, -0.05) is 219 Å². The number of benzene rings is 11. The molecule has 0 saturated carbocycles. The second-order valence-electron chi connectivity index (χ2n) is 17.6. The summed E-state index contributed by atoms with van der Waals surface area (Å²) in [6.45, 7) is 2.34. The first-order valence-electron chi connectivity index (χ1n) is 23.1. The van der Waals surface area contributed by atoms with Crippen molar-refractivity contribution >= 4 is 55.5 Å². The van der Waals surface area contributed by atoms with Crippen LogP contribution in [0.2, 0.25) is 0 Å². The maximum atomic E-state index is 2.42. The minimum atomic E-state index is 0.486. The summed E-state index contributed by atoms with van der Waals surface area (Å²) in [6.07, 6.45) is 5.75. The zero-order valence-corrected chi connectivity index (χ0v) is 36.9. The maximum Gasteiger partial charge on any atom is 0.0540 e. The monoisotopic (exact) mass is 841 g/mol. The Morgan fingerprint density at radius 2 is 0.803 bits per heavy atom. The average Bonchev–Trinajstić information content (AvgIpc) is 3.39. The van der Waals surface area contributed by atoms with Gasteiger partial charge in [-0.15, -0.1) is 0 Å². The second-order valence-corrected chi connectivity index (χ2v) is 17.6. The molecular weight excluding hydrogens is 795 g/mol. The van der Waals surface area contributed by atoms with E-state index in [2.05, 4.69) is 261 Å². The van der Waals surface area contributed by atoms with Crippen LogP contribution in [0.4, 0.5) is 17.1 Å². The molecule has 11 aromatic rings. The molecule has 66 heavy (non-hydrogen) atoms. The van der Waals surface area contributed by atoms with Gasteiger partial charge in [0.1, 0.15) is 0 Å². The number of para-hydroxylation sites is 1. The quantitative estimate of drug-likeness (QED) is 0.138. The van der Waals surface area contributed by atoms with E-state index in [1.165, 1.54) is 99.1 Å². The van der Waals surface area contributed by atoms with Crippen LogP contribution in [0.3, 0.4) is 0 Å². The highest BCUT2D eigenvalue weighted by molar-refractivity contribution is 6.25. The largest absolute Gasteiger partial charge is 0.310 e. The van der Waals surface area contributed by atoms with Crippen LogP contribution in [-0.4, -0.2) is 0 Å². The second kappa shape index (κ2) is 16.7. The molecule has 0 amide bonds. The molecule has 12 rings (SSSR count). The van der Waals surface area contributed by atoms with E-state index in [0.29, 0.717) is 5.92 Å². The lowest BCUT2D eigenvalue weighted by atomic mass is 9.81. The van der Waals surface area contributed by atoms with Crippen LogP contribution < -0.4 is 4.90 Å². The minimum absolute atomic E-state index is 0.486. The normalized spacial score (nSPS) is 13.3. The fraction of sp³-hybridized carbons (Fsp3) is 0.0462. The lowest BCUT2D eigenvalue weighted by Crippen LogP contribution is -2.11. The molecule has 1 aliphatic carbocycles. The summed E-state index contributed by atoms with van der Waals surface area (Å²) >= 11 is 0. The Morgan fingerprint density at radius 1 is 0.348 bits per heavy atom. The molecular formula is C65H47N. The van der Waals surface area contributed by atoms with Crippen molar-refractivity contribution in [2.45, 2.75) is 19.3 Å². The van der Waals surface area contributed by atoms with E-state index < -0.39 is 0 Å². The number of hydrogen-bond donors (Lipinski definition) is 0. The molecule has 1 aliphatic rings. The third-order valence-electron chi connectivity index (χ3n) is 13.7. The summed E-state index contributed by atoms with van der Waals surface area (Å²) in [6, 6.07) is 86.9. The molecule has 0 spiro atoms. The molecule has 0 aromatic heterocycles. The van der Waals surface area contributed by atoms with Crippen molar-refractivity contribution < 1.29 is 0 Å². The highest BCUT2D eigenvalue weighted by atomic mass is 15.1. The minimum Gasteiger partial charge on any atom is -0.310 e. The highest BCUT2D eigenvalue weighted by Crippen LogP contribution is 2.46. The third kappa shape index (κ3) is 6.98. The maximum absolute atomic E-state index is 2.42. The number of nitrogens with zero attached hydrogens (tertiary/aromatic N) is 1. The standard InChI is InChI=1S/C65H47N/c1-44-15-14-25-62-54(44)41-42-56(65(62)50-18-6-3-7-19-50)49-33-38-53(39-34-49)66(64-26-13-12-20-55(64)48-29-27-46(28-30-48)45-16-4-2-5-17-45)52-36-31-47(32-37-52)51-35-40-61-59-23-9-8-21-57(59)58-22-10-11-24-60(58)63(61)43-51/h2-14,16-44H,15H2,1H3. The Hall–Kier alpha value is -8.26. The first-order valence-corrected chi connectivity index (χ1v) is 23.1. The van der Waals surface area contributed by atoms with Gasteiger partial charge >= 0.3 is 0 Å². The van der Waals surface area contributed by atoms with Gasteiger partial charge in [-0.25, -0.2) is 0 Å². The van der Waals surface area contributed by atoms with E-state index >= 15 is 0 Å². The van der Waals surface area contributed by atoms with Crippen LogP contribution >= 0.6 is 0 Å². The van der Waals surface area contributed by atoms with Crippen molar-refractivity contribution in [3.8, 4) is 55.6 Å².